The van der Waals surface area contributed by atoms with Crippen LogP contribution >= 0.6 is 0 Å². The van der Waals surface area contributed by atoms with E-state index < -0.39 is 0 Å². The molecule has 2 N–H and O–H groups in total. The van der Waals surface area contributed by atoms with Crippen LogP contribution < -0.4 is 5.73 Å². The lowest BCUT2D eigenvalue weighted by molar-refractivity contribution is 0.330. The standard InChI is InChI=1S/C12H23N3/c1-5-15-8-11(7-14-15)6-12(9(2)3)10(4)13/h7-10,12H,5-6,13H2,1-4H3. The number of rotatable bonds is 5. The van der Waals surface area contributed by atoms with Crippen LogP contribution in [0.5, 0.6) is 0 Å². The molecular formula is C12H23N3. The first-order valence-corrected chi connectivity index (χ1v) is 5.81. The third-order valence-corrected chi connectivity index (χ3v) is 3.01. The number of hydrogen-bond acceptors (Lipinski definition) is 2. The fourth-order valence-electron chi connectivity index (χ4n) is 1.99. The van der Waals surface area contributed by atoms with E-state index in [1.807, 2.05) is 10.9 Å². The summed E-state index contributed by atoms with van der Waals surface area (Å²) >= 11 is 0. The number of aromatic nitrogens is 2. The summed E-state index contributed by atoms with van der Waals surface area (Å²) in [6.45, 7) is 9.60. The molecule has 0 aliphatic rings. The maximum atomic E-state index is 6.00. The molecule has 0 amide bonds. The first-order valence-electron chi connectivity index (χ1n) is 5.81. The first kappa shape index (κ1) is 12.2. The van der Waals surface area contributed by atoms with Crippen molar-refractivity contribution in [3.63, 3.8) is 0 Å². The highest BCUT2D eigenvalue weighted by Gasteiger charge is 2.18. The molecule has 2 atom stereocenters. The monoisotopic (exact) mass is 209 g/mol. The second kappa shape index (κ2) is 5.31. The molecule has 0 saturated heterocycles. The zero-order chi connectivity index (χ0) is 11.4. The van der Waals surface area contributed by atoms with Crippen LogP contribution in [0.1, 0.15) is 33.3 Å². The van der Waals surface area contributed by atoms with Crippen molar-refractivity contribution in [3.05, 3.63) is 18.0 Å². The molecule has 0 bridgehead atoms. The highest BCUT2D eigenvalue weighted by molar-refractivity contribution is 5.06. The minimum absolute atomic E-state index is 0.245. The first-order chi connectivity index (χ1) is 7.04. The van der Waals surface area contributed by atoms with Gasteiger partial charge in [0.15, 0.2) is 0 Å². The van der Waals surface area contributed by atoms with E-state index in [1.165, 1.54) is 5.56 Å². The van der Waals surface area contributed by atoms with Crippen LogP contribution in [0.4, 0.5) is 0 Å². The van der Waals surface area contributed by atoms with Gasteiger partial charge in [-0.05, 0) is 37.7 Å². The molecule has 0 saturated carbocycles. The summed E-state index contributed by atoms with van der Waals surface area (Å²) in [6, 6.07) is 0.245. The SMILES string of the molecule is CCn1cc(CC(C(C)C)C(C)N)cn1. The van der Waals surface area contributed by atoms with Gasteiger partial charge in [0, 0.05) is 18.8 Å². The third-order valence-electron chi connectivity index (χ3n) is 3.01. The average molecular weight is 209 g/mol. The molecule has 3 heteroatoms. The lowest BCUT2D eigenvalue weighted by Crippen LogP contribution is -2.32. The maximum absolute atomic E-state index is 6.00. The van der Waals surface area contributed by atoms with Gasteiger partial charge in [-0.2, -0.15) is 5.10 Å². The van der Waals surface area contributed by atoms with Crippen molar-refractivity contribution < 1.29 is 0 Å². The highest BCUT2D eigenvalue weighted by Crippen LogP contribution is 2.19. The molecule has 0 spiro atoms. The summed E-state index contributed by atoms with van der Waals surface area (Å²) in [5.74, 6) is 1.16. The zero-order valence-electron chi connectivity index (χ0n) is 10.3. The predicted octanol–water partition coefficient (Wildman–Crippen LogP) is 2.06. The normalized spacial score (nSPS) is 15.6. The Morgan fingerprint density at radius 2 is 2.07 bits per heavy atom. The summed E-state index contributed by atoms with van der Waals surface area (Å²) in [7, 11) is 0. The Kier molecular flexibility index (Phi) is 4.33. The number of nitrogens with two attached hydrogens (primary N) is 1. The molecule has 1 aromatic heterocycles. The quantitative estimate of drug-likeness (QED) is 0.806. The van der Waals surface area contributed by atoms with Crippen LogP contribution in [0.15, 0.2) is 12.4 Å². The molecule has 1 heterocycles. The Hall–Kier alpha value is -0.830. The van der Waals surface area contributed by atoms with E-state index in [0.717, 1.165) is 13.0 Å². The van der Waals surface area contributed by atoms with Gasteiger partial charge in [-0.3, -0.25) is 4.68 Å². The smallest absolute Gasteiger partial charge is 0.0521 e. The number of nitrogens with zero attached hydrogens (tertiary/aromatic N) is 2. The van der Waals surface area contributed by atoms with E-state index in [1.54, 1.807) is 0 Å². The molecule has 1 aromatic rings. The fraction of sp³-hybridized carbons (Fsp3) is 0.750. The molecule has 15 heavy (non-hydrogen) atoms. The van der Waals surface area contributed by atoms with Gasteiger partial charge in [0.1, 0.15) is 0 Å². The second-order valence-corrected chi connectivity index (χ2v) is 4.68. The van der Waals surface area contributed by atoms with E-state index in [4.69, 9.17) is 5.73 Å². The highest BCUT2D eigenvalue weighted by atomic mass is 15.3. The summed E-state index contributed by atoms with van der Waals surface area (Å²) in [5.41, 5.74) is 7.30. The summed E-state index contributed by atoms with van der Waals surface area (Å²) in [4.78, 5) is 0. The van der Waals surface area contributed by atoms with Gasteiger partial charge in [-0.1, -0.05) is 13.8 Å². The molecule has 0 radical (unpaired) electrons. The largest absolute Gasteiger partial charge is 0.328 e. The summed E-state index contributed by atoms with van der Waals surface area (Å²) in [6.07, 6.45) is 5.12. The van der Waals surface area contributed by atoms with E-state index in [2.05, 4.69) is 39.0 Å². The van der Waals surface area contributed by atoms with Gasteiger partial charge in [0.05, 0.1) is 6.20 Å². The predicted molar refractivity (Wildman–Crippen MR) is 63.6 cm³/mol. The lowest BCUT2D eigenvalue weighted by Gasteiger charge is -2.23. The Morgan fingerprint density at radius 3 is 2.47 bits per heavy atom. The lowest BCUT2D eigenvalue weighted by atomic mass is 9.85. The fourth-order valence-corrected chi connectivity index (χ4v) is 1.99. The Balaban J connectivity index is 2.65. The van der Waals surface area contributed by atoms with Gasteiger partial charge in [-0.15, -0.1) is 0 Å². The van der Waals surface area contributed by atoms with E-state index >= 15 is 0 Å². The van der Waals surface area contributed by atoms with Gasteiger partial charge in [0.25, 0.3) is 0 Å². The van der Waals surface area contributed by atoms with Gasteiger partial charge < -0.3 is 5.73 Å². The molecule has 0 aliphatic heterocycles. The third kappa shape index (κ3) is 3.34. The number of aryl methyl sites for hydroxylation is 1. The molecule has 0 aromatic carbocycles. The van der Waals surface area contributed by atoms with Gasteiger partial charge in [-0.25, -0.2) is 0 Å². The van der Waals surface area contributed by atoms with Gasteiger partial charge >= 0.3 is 0 Å². The second-order valence-electron chi connectivity index (χ2n) is 4.68. The molecular weight excluding hydrogens is 186 g/mol. The van der Waals surface area contributed by atoms with Crippen molar-refractivity contribution >= 4 is 0 Å². The van der Waals surface area contributed by atoms with Gasteiger partial charge in [0.2, 0.25) is 0 Å². The van der Waals surface area contributed by atoms with Crippen LogP contribution in [0.2, 0.25) is 0 Å². The zero-order valence-corrected chi connectivity index (χ0v) is 10.3. The van der Waals surface area contributed by atoms with Crippen LogP contribution in [0, 0.1) is 11.8 Å². The molecule has 3 nitrogen and oxygen atoms in total. The number of hydrogen-bond donors (Lipinski definition) is 1. The van der Waals surface area contributed by atoms with Crippen LogP contribution in [-0.4, -0.2) is 15.8 Å². The van der Waals surface area contributed by atoms with Crippen molar-refractivity contribution in [2.75, 3.05) is 0 Å². The maximum Gasteiger partial charge on any atom is 0.0521 e. The summed E-state index contributed by atoms with van der Waals surface area (Å²) < 4.78 is 1.97. The topological polar surface area (TPSA) is 43.8 Å². The van der Waals surface area contributed by atoms with Crippen LogP contribution in [0.3, 0.4) is 0 Å². The van der Waals surface area contributed by atoms with E-state index in [0.29, 0.717) is 11.8 Å². The minimum Gasteiger partial charge on any atom is -0.328 e. The van der Waals surface area contributed by atoms with Crippen molar-refractivity contribution in [2.45, 2.75) is 46.7 Å². The van der Waals surface area contributed by atoms with Crippen molar-refractivity contribution in [2.24, 2.45) is 17.6 Å². The Labute approximate surface area is 92.7 Å². The van der Waals surface area contributed by atoms with Crippen LogP contribution in [-0.2, 0) is 13.0 Å². The molecule has 1 rings (SSSR count). The van der Waals surface area contributed by atoms with E-state index in [9.17, 15) is 0 Å². The molecule has 86 valence electrons. The Morgan fingerprint density at radius 1 is 1.40 bits per heavy atom. The average Bonchev–Trinajstić information content (AvgIpc) is 2.60. The minimum atomic E-state index is 0.245. The summed E-state index contributed by atoms with van der Waals surface area (Å²) in [5, 5.41) is 4.28. The van der Waals surface area contributed by atoms with Crippen molar-refractivity contribution in [3.8, 4) is 0 Å². The van der Waals surface area contributed by atoms with Crippen molar-refractivity contribution in [1.82, 2.24) is 9.78 Å². The van der Waals surface area contributed by atoms with E-state index in [-0.39, 0.29) is 6.04 Å². The Bertz CT molecular complexity index is 281. The van der Waals surface area contributed by atoms with Crippen molar-refractivity contribution in [1.29, 1.82) is 0 Å². The van der Waals surface area contributed by atoms with Crippen LogP contribution in [0.25, 0.3) is 0 Å². The molecule has 0 aliphatic carbocycles. The molecule has 0 fully saturated rings. The molecule has 2 unspecified atom stereocenters.